The molecule has 0 aliphatic heterocycles. The summed E-state index contributed by atoms with van der Waals surface area (Å²) >= 11 is 0. The Hall–Kier alpha value is -3.74. The molecule has 162 valence electrons. The molecule has 3 N–H and O–H groups in total. The Bertz CT molecular complexity index is 982. The highest BCUT2D eigenvalue weighted by Gasteiger charge is 2.08. The standard InChI is InChI=1S/C24H27N3O4/c1-17(2)16-31-21-10-8-19(9-11-21)27-23(28)15-25-20-6-3-5-18(13-20)24(29)26-14-22-7-4-12-30-22/h3-13,17,25H,14-16H2,1-2H3,(H,26,29)(H,27,28). The highest BCUT2D eigenvalue weighted by Crippen LogP contribution is 2.17. The molecule has 1 aromatic heterocycles. The Morgan fingerprint density at radius 1 is 1.00 bits per heavy atom. The third-order valence-electron chi connectivity index (χ3n) is 4.30. The molecule has 0 aliphatic rings. The lowest BCUT2D eigenvalue weighted by molar-refractivity contribution is -0.114. The fourth-order valence-electron chi connectivity index (χ4n) is 2.74. The van der Waals surface area contributed by atoms with E-state index in [1.807, 2.05) is 12.1 Å². The molecule has 2 amide bonds. The van der Waals surface area contributed by atoms with Gasteiger partial charge in [0.15, 0.2) is 0 Å². The van der Waals surface area contributed by atoms with Gasteiger partial charge in [0.25, 0.3) is 5.91 Å². The van der Waals surface area contributed by atoms with Crippen LogP contribution in [0.2, 0.25) is 0 Å². The lowest BCUT2D eigenvalue weighted by atomic mass is 10.2. The van der Waals surface area contributed by atoms with Gasteiger partial charge < -0.3 is 25.1 Å². The number of carbonyl (C=O) groups is 2. The largest absolute Gasteiger partial charge is 0.493 e. The van der Waals surface area contributed by atoms with Gasteiger partial charge in [0, 0.05) is 16.9 Å². The molecule has 2 aromatic carbocycles. The van der Waals surface area contributed by atoms with Crippen molar-refractivity contribution in [2.75, 3.05) is 23.8 Å². The smallest absolute Gasteiger partial charge is 0.251 e. The Labute approximate surface area is 181 Å². The minimum atomic E-state index is -0.218. The first-order valence-corrected chi connectivity index (χ1v) is 10.2. The second-order valence-corrected chi connectivity index (χ2v) is 7.47. The minimum Gasteiger partial charge on any atom is -0.493 e. The third-order valence-corrected chi connectivity index (χ3v) is 4.30. The summed E-state index contributed by atoms with van der Waals surface area (Å²) in [5.41, 5.74) is 1.86. The van der Waals surface area contributed by atoms with Gasteiger partial charge in [-0.2, -0.15) is 0 Å². The molecular formula is C24H27N3O4. The first-order chi connectivity index (χ1) is 15.0. The van der Waals surface area contributed by atoms with E-state index in [2.05, 4.69) is 29.8 Å². The highest BCUT2D eigenvalue weighted by atomic mass is 16.5. The van der Waals surface area contributed by atoms with E-state index in [1.165, 1.54) is 0 Å². The maximum absolute atomic E-state index is 12.3. The molecule has 31 heavy (non-hydrogen) atoms. The molecule has 0 saturated heterocycles. The summed E-state index contributed by atoms with van der Waals surface area (Å²) in [6.45, 7) is 5.21. The first-order valence-electron chi connectivity index (χ1n) is 10.2. The number of benzene rings is 2. The first kappa shape index (κ1) is 22.0. The molecule has 1 heterocycles. The van der Waals surface area contributed by atoms with Crippen molar-refractivity contribution in [2.24, 2.45) is 5.92 Å². The average Bonchev–Trinajstić information content (AvgIpc) is 3.29. The van der Waals surface area contributed by atoms with Gasteiger partial charge in [-0.05, 0) is 60.5 Å². The molecule has 3 aromatic rings. The van der Waals surface area contributed by atoms with Crippen molar-refractivity contribution in [3.05, 3.63) is 78.3 Å². The highest BCUT2D eigenvalue weighted by molar-refractivity contribution is 5.96. The van der Waals surface area contributed by atoms with E-state index in [9.17, 15) is 9.59 Å². The predicted molar refractivity (Wildman–Crippen MR) is 120 cm³/mol. The number of hydrogen-bond donors (Lipinski definition) is 3. The monoisotopic (exact) mass is 421 g/mol. The van der Waals surface area contributed by atoms with Crippen molar-refractivity contribution >= 4 is 23.2 Å². The number of nitrogens with one attached hydrogen (secondary N) is 3. The van der Waals surface area contributed by atoms with Crippen LogP contribution in [-0.4, -0.2) is 25.0 Å². The molecule has 7 heteroatoms. The van der Waals surface area contributed by atoms with Crippen LogP contribution in [0.3, 0.4) is 0 Å². The molecule has 7 nitrogen and oxygen atoms in total. The van der Waals surface area contributed by atoms with Crippen molar-refractivity contribution in [1.29, 1.82) is 0 Å². The molecule has 0 fully saturated rings. The molecule has 0 radical (unpaired) electrons. The molecule has 3 rings (SSSR count). The fraction of sp³-hybridized carbons (Fsp3) is 0.250. The molecule has 0 saturated carbocycles. The van der Waals surface area contributed by atoms with Gasteiger partial charge in [-0.1, -0.05) is 19.9 Å². The van der Waals surface area contributed by atoms with Crippen LogP contribution in [0.5, 0.6) is 5.75 Å². The lowest BCUT2D eigenvalue weighted by Crippen LogP contribution is -2.23. The van der Waals surface area contributed by atoms with Crippen LogP contribution in [0.4, 0.5) is 11.4 Å². The Morgan fingerprint density at radius 2 is 1.81 bits per heavy atom. The fourth-order valence-corrected chi connectivity index (χ4v) is 2.74. The number of amides is 2. The van der Waals surface area contributed by atoms with E-state index in [0.717, 1.165) is 5.75 Å². The SMILES string of the molecule is CC(C)COc1ccc(NC(=O)CNc2cccc(C(=O)NCc3ccco3)c2)cc1. The molecule has 0 spiro atoms. The lowest BCUT2D eigenvalue weighted by Gasteiger charge is -2.11. The second-order valence-electron chi connectivity index (χ2n) is 7.47. The van der Waals surface area contributed by atoms with Gasteiger partial charge in [0.2, 0.25) is 5.91 Å². The topological polar surface area (TPSA) is 92.6 Å². The number of furan rings is 1. The van der Waals surface area contributed by atoms with E-state index in [0.29, 0.717) is 41.8 Å². The van der Waals surface area contributed by atoms with Crippen molar-refractivity contribution in [2.45, 2.75) is 20.4 Å². The summed E-state index contributed by atoms with van der Waals surface area (Å²) < 4.78 is 10.8. The van der Waals surface area contributed by atoms with Gasteiger partial charge >= 0.3 is 0 Å². The third kappa shape index (κ3) is 7.22. The number of carbonyl (C=O) groups excluding carboxylic acids is 2. The van der Waals surface area contributed by atoms with E-state index < -0.39 is 0 Å². The Balaban J connectivity index is 1.46. The summed E-state index contributed by atoms with van der Waals surface area (Å²) in [6.07, 6.45) is 1.56. The number of hydrogen-bond acceptors (Lipinski definition) is 5. The van der Waals surface area contributed by atoms with E-state index in [-0.39, 0.29) is 18.4 Å². The normalized spacial score (nSPS) is 10.5. The Morgan fingerprint density at radius 3 is 2.52 bits per heavy atom. The maximum atomic E-state index is 12.3. The summed E-state index contributed by atoms with van der Waals surface area (Å²) in [4.78, 5) is 24.6. The second kappa shape index (κ2) is 10.9. The van der Waals surface area contributed by atoms with E-state index in [1.54, 1.807) is 54.8 Å². The van der Waals surface area contributed by atoms with Gasteiger partial charge in [-0.25, -0.2) is 0 Å². The van der Waals surface area contributed by atoms with Gasteiger partial charge in [-0.15, -0.1) is 0 Å². The summed E-state index contributed by atoms with van der Waals surface area (Å²) in [5.74, 6) is 1.49. The van der Waals surface area contributed by atoms with Crippen LogP contribution in [0, 0.1) is 5.92 Å². The van der Waals surface area contributed by atoms with Gasteiger partial charge in [0.05, 0.1) is 26.0 Å². The summed E-state index contributed by atoms with van der Waals surface area (Å²) in [5, 5.41) is 8.67. The Kier molecular flexibility index (Phi) is 7.70. The zero-order chi connectivity index (χ0) is 22.1. The summed E-state index contributed by atoms with van der Waals surface area (Å²) in [6, 6.07) is 17.8. The van der Waals surface area contributed by atoms with Crippen molar-refractivity contribution < 1.29 is 18.7 Å². The van der Waals surface area contributed by atoms with Crippen LogP contribution >= 0.6 is 0 Å². The van der Waals surface area contributed by atoms with E-state index >= 15 is 0 Å². The van der Waals surface area contributed by atoms with Gasteiger partial charge in [0.1, 0.15) is 11.5 Å². The molecule has 0 bridgehead atoms. The molecule has 0 unspecified atom stereocenters. The zero-order valence-electron chi connectivity index (χ0n) is 17.7. The number of rotatable bonds is 10. The van der Waals surface area contributed by atoms with Crippen molar-refractivity contribution in [3.8, 4) is 5.75 Å². The average molecular weight is 421 g/mol. The molecule has 0 atom stereocenters. The van der Waals surface area contributed by atoms with Crippen LogP contribution in [0.15, 0.2) is 71.3 Å². The minimum absolute atomic E-state index is 0.0725. The number of anilines is 2. The molecule has 0 aliphatic carbocycles. The quantitative estimate of drug-likeness (QED) is 0.454. The van der Waals surface area contributed by atoms with E-state index in [4.69, 9.17) is 9.15 Å². The van der Waals surface area contributed by atoms with Crippen LogP contribution < -0.4 is 20.7 Å². The van der Waals surface area contributed by atoms with Crippen molar-refractivity contribution in [1.82, 2.24) is 5.32 Å². The van der Waals surface area contributed by atoms with Crippen LogP contribution in [0.1, 0.15) is 30.0 Å². The number of ether oxygens (including phenoxy) is 1. The maximum Gasteiger partial charge on any atom is 0.251 e. The van der Waals surface area contributed by atoms with Gasteiger partial charge in [-0.3, -0.25) is 9.59 Å². The summed E-state index contributed by atoms with van der Waals surface area (Å²) in [7, 11) is 0. The van der Waals surface area contributed by atoms with Crippen molar-refractivity contribution in [3.63, 3.8) is 0 Å². The predicted octanol–water partition coefficient (Wildman–Crippen LogP) is 4.30. The van der Waals surface area contributed by atoms with Crippen LogP contribution in [0.25, 0.3) is 0 Å². The zero-order valence-corrected chi connectivity index (χ0v) is 17.7. The van der Waals surface area contributed by atoms with Crippen LogP contribution in [-0.2, 0) is 11.3 Å². The molecular weight excluding hydrogens is 394 g/mol.